The predicted molar refractivity (Wildman–Crippen MR) is 57.6 cm³/mol. The maximum Gasteiger partial charge on any atom is 0.416 e. The van der Waals surface area contributed by atoms with E-state index in [1.54, 1.807) is 0 Å². The highest BCUT2D eigenvalue weighted by Crippen LogP contribution is 2.37. The number of alkyl halides is 3. The van der Waals surface area contributed by atoms with Crippen molar-refractivity contribution in [2.75, 3.05) is 0 Å². The van der Waals surface area contributed by atoms with E-state index in [4.69, 9.17) is 10.2 Å². The van der Waals surface area contributed by atoms with Gasteiger partial charge in [-0.3, -0.25) is 10.1 Å². The Kier molecular flexibility index (Phi) is 4.37. The summed E-state index contributed by atoms with van der Waals surface area (Å²) in [6.07, 6.45) is -4.75. The average molecular weight is 297 g/mol. The van der Waals surface area contributed by atoms with Gasteiger partial charge in [-0.05, 0) is 12.1 Å². The van der Waals surface area contributed by atoms with Gasteiger partial charge in [0.2, 0.25) is 5.44 Å². The molecule has 0 heterocycles. The summed E-state index contributed by atoms with van der Waals surface area (Å²) in [4.78, 5) is 19.6. The normalized spacial score (nSPS) is 13.1. The molecule has 19 heavy (non-hydrogen) atoms. The molecular formula is C9H6F3NO5S. The standard InChI is InChI=1S/C9H6F3NO5S/c10-9(11,12)4-1-2-6(5(3-4)13(17)18)19-8(16)7(14)15/h1-3,8,16H,(H,14,15). The van der Waals surface area contributed by atoms with E-state index < -0.39 is 33.8 Å². The first kappa shape index (κ1) is 15.2. The van der Waals surface area contributed by atoms with Crippen molar-refractivity contribution in [1.29, 1.82) is 0 Å². The molecule has 0 radical (unpaired) electrons. The number of carbonyl (C=O) groups is 1. The third kappa shape index (κ3) is 3.83. The van der Waals surface area contributed by atoms with Crippen molar-refractivity contribution in [3.63, 3.8) is 0 Å². The molecule has 0 amide bonds. The number of benzene rings is 1. The number of halogens is 3. The quantitative estimate of drug-likeness (QED) is 0.382. The van der Waals surface area contributed by atoms with Crippen LogP contribution in [-0.4, -0.2) is 26.5 Å². The van der Waals surface area contributed by atoms with E-state index in [0.29, 0.717) is 6.07 Å². The second-order valence-corrected chi connectivity index (χ2v) is 4.37. The Morgan fingerprint density at radius 2 is 2.00 bits per heavy atom. The van der Waals surface area contributed by atoms with E-state index in [-0.39, 0.29) is 22.7 Å². The maximum absolute atomic E-state index is 12.4. The molecule has 10 heteroatoms. The fourth-order valence-electron chi connectivity index (χ4n) is 1.11. The lowest BCUT2D eigenvalue weighted by Crippen LogP contribution is -2.15. The van der Waals surface area contributed by atoms with Crippen LogP contribution in [0.15, 0.2) is 23.1 Å². The predicted octanol–water partition coefficient (Wildman–Crippen LogP) is 2.11. The van der Waals surface area contributed by atoms with Gasteiger partial charge in [0.1, 0.15) is 0 Å². The van der Waals surface area contributed by atoms with Crippen LogP contribution in [0, 0.1) is 10.1 Å². The topological polar surface area (TPSA) is 101 Å². The molecule has 0 aliphatic carbocycles. The van der Waals surface area contributed by atoms with Crippen LogP contribution in [0.25, 0.3) is 0 Å². The minimum absolute atomic E-state index is 0.173. The van der Waals surface area contributed by atoms with Crippen LogP contribution in [0.5, 0.6) is 0 Å². The minimum atomic E-state index is -4.75. The Morgan fingerprint density at radius 1 is 1.42 bits per heavy atom. The van der Waals surface area contributed by atoms with Crippen molar-refractivity contribution in [1.82, 2.24) is 0 Å². The van der Waals surface area contributed by atoms with Crippen molar-refractivity contribution in [2.24, 2.45) is 0 Å². The number of aliphatic hydroxyl groups excluding tert-OH is 1. The zero-order valence-electron chi connectivity index (χ0n) is 8.92. The average Bonchev–Trinajstić information content (AvgIpc) is 2.27. The van der Waals surface area contributed by atoms with Crippen LogP contribution in [-0.2, 0) is 11.0 Å². The Labute approximate surface area is 108 Å². The second kappa shape index (κ2) is 5.45. The highest BCUT2D eigenvalue weighted by Gasteiger charge is 2.33. The van der Waals surface area contributed by atoms with Crippen molar-refractivity contribution in [3.05, 3.63) is 33.9 Å². The first-order valence-electron chi connectivity index (χ1n) is 4.56. The number of carboxylic acids is 1. The van der Waals surface area contributed by atoms with E-state index >= 15 is 0 Å². The highest BCUT2D eigenvalue weighted by atomic mass is 32.2. The number of hydrogen-bond donors (Lipinski definition) is 2. The monoisotopic (exact) mass is 297 g/mol. The molecule has 0 fully saturated rings. The van der Waals surface area contributed by atoms with Crippen molar-refractivity contribution in [3.8, 4) is 0 Å². The molecule has 104 valence electrons. The maximum atomic E-state index is 12.4. The van der Waals surface area contributed by atoms with Crippen LogP contribution < -0.4 is 0 Å². The van der Waals surface area contributed by atoms with E-state index in [0.717, 1.165) is 6.07 Å². The fourth-order valence-corrected chi connectivity index (χ4v) is 1.85. The number of carboxylic acid groups (broad SMARTS) is 1. The zero-order valence-corrected chi connectivity index (χ0v) is 9.73. The number of nitro benzene ring substituents is 1. The van der Waals surface area contributed by atoms with E-state index in [1.165, 1.54) is 0 Å². The second-order valence-electron chi connectivity index (χ2n) is 3.25. The number of hydrogen-bond acceptors (Lipinski definition) is 5. The largest absolute Gasteiger partial charge is 0.479 e. The summed E-state index contributed by atoms with van der Waals surface area (Å²) in [7, 11) is 0. The van der Waals surface area contributed by atoms with E-state index in [1.807, 2.05) is 0 Å². The summed E-state index contributed by atoms with van der Waals surface area (Å²) in [6.45, 7) is 0. The van der Waals surface area contributed by atoms with Gasteiger partial charge in [-0.1, -0.05) is 11.8 Å². The zero-order chi connectivity index (χ0) is 14.8. The van der Waals surface area contributed by atoms with Gasteiger partial charge in [-0.15, -0.1) is 0 Å². The lowest BCUT2D eigenvalue weighted by atomic mass is 10.2. The summed E-state index contributed by atoms with van der Waals surface area (Å²) in [5.41, 5.74) is -4.15. The van der Waals surface area contributed by atoms with Gasteiger partial charge in [0.05, 0.1) is 15.4 Å². The number of nitrogens with zero attached hydrogens (tertiary/aromatic N) is 1. The Bertz CT molecular complexity index is 519. The van der Waals surface area contributed by atoms with Crippen LogP contribution in [0.2, 0.25) is 0 Å². The van der Waals surface area contributed by atoms with Crippen LogP contribution in [0.4, 0.5) is 18.9 Å². The van der Waals surface area contributed by atoms with Gasteiger partial charge in [-0.2, -0.15) is 13.2 Å². The van der Waals surface area contributed by atoms with Gasteiger partial charge in [0, 0.05) is 6.07 Å². The lowest BCUT2D eigenvalue weighted by Gasteiger charge is -2.09. The molecule has 1 unspecified atom stereocenters. The summed E-state index contributed by atoms with van der Waals surface area (Å²) < 4.78 is 37.1. The summed E-state index contributed by atoms with van der Waals surface area (Å²) in [5.74, 6) is -1.65. The van der Waals surface area contributed by atoms with E-state index in [2.05, 4.69) is 0 Å². The SMILES string of the molecule is O=C(O)C(O)Sc1ccc(C(F)(F)F)cc1[N+](=O)[O-]. The van der Waals surface area contributed by atoms with Gasteiger partial charge in [-0.25, -0.2) is 4.79 Å². The molecule has 0 saturated heterocycles. The van der Waals surface area contributed by atoms with Gasteiger partial charge in [0.25, 0.3) is 5.69 Å². The molecule has 1 aromatic carbocycles. The molecule has 1 atom stereocenters. The molecule has 1 aromatic rings. The molecule has 0 aliphatic heterocycles. The third-order valence-corrected chi connectivity index (χ3v) is 2.96. The third-order valence-electron chi connectivity index (χ3n) is 1.93. The number of rotatable bonds is 4. The van der Waals surface area contributed by atoms with Crippen LogP contribution >= 0.6 is 11.8 Å². The summed E-state index contributed by atoms with van der Waals surface area (Å²) in [6, 6.07) is 1.61. The van der Waals surface area contributed by atoms with Gasteiger partial charge >= 0.3 is 12.1 Å². The molecular weight excluding hydrogens is 291 g/mol. The Hall–Kier alpha value is -1.81. The van der Waals surface area contributed by atoms with Crippen LogP contribution in [0.1, 0.15) is 5.56 Å². The molecule has 0 bridgehead atoms. The fraction of sp³-hybridized carbons (Fsp3) is 0.222. The Morgan fingerprint density at radius 3 is 2.42 bits per heavy atom. The van der Waals surface area contributed by atoms with Crippen molar-refractivity contribution in [2.45, 2.75) is 16.5 Å². The molecule has 0 aromatic heterocycles. The van der Waals surface area contributed by atoms with E-state index in [9.17, 15) is 28.1 Å². The first-order valence-corrected chi connectivity index (χ1v) is 5.44. The molecule has 2 N–H and O–H groups in total. The molecule has 6 nitrogen and oxygen atoms in total. The number of nitro groups is 1. The minimum Gasteiger partial charge on any atom is -0.479 e. The van der Waals surface area contributed by atoms with Crippen molar-refractivity contribution >= 4 is 23.4 Å². The van der Waals surface area contributed by atoms with Gasteiger partial charge in [0.15, 0.2) is 0 Å². The Balaban J connectivity index is 3.19. The van der Waals surface area contributed by atoms with Crippen LogP contribution in [0.3, 0.4) is 0 Å². The summed E-state index contributed by atoms with van der Waals surface area (Å²) in [5, 5.41) is 28.1. The summed E-state index contributed by atoms with van der Waals surface area (Å²) >= 11 is 0.173. The number of aliphatic carboxylic acids is 1. The lowest BCUT2D eigenvalue weighted by molar-refractivity contribution is -0.388. The smallest absolute Gasteiger partial charge is 0.416 e. The molecule has 0 spiro atoms. The van der Waals surface area contributed by atoms with Gasteiger partial charge < -0.3 is 10.2 Å². The molecule has 1 rings (SSSR count). The molecule has 0 saturated carbocycles. The highest BCUT2D eigenvalue weighted by molar-refractivity contribution is 8.00. The molecule has 0 aliphatic rings. The number of thioether (sulfide) groups is 1. The van der Waals surface area contributed by atoms with Crippen molar-refractivity contribution < 1.29 is 33.1 Å². The first-order chi connectivity index (χ1) is 8.62. The number of aliphatic hydroxyl groups is 1.